The van der Waals surface area contributed by atoms with Crippen LogP contribution in [0.5, 0.6) is 0 Å². The second-order valence-corrected chi connectivity index (χ2v) is 5.11. The molecule has 88 valence electrons. The molecule has 1 aliphatic heterocycles. The maximum absolute atomic E-state index is 12.8. The molecule has 1 atom stereocenters. The molecule has 0 saturated carbocycles. The molecule has 1 unspecified atom stereocenters. The Kier molecular flexibility index (Phi) is 3.44. The van der Waals surface area contributed by atoms with Crippen LogP contribution >= 0.6 is 22.9 Å². The van der Waals surface area contributed by atoms with E-state index in [0.717, 1.165) is 25.5 Å². The summed E-state index contributed by atoms with van der Waals surface area (Å²) in [6.07, 6.45) is -2.49. The Balaban J connectivity index is 2.40. The van der Waals surface area contributed by atoms with Gasteiger partial charge in [0.25, 0.3) is 0 Å². The minimum atomic E-state index is -4.25. The summed E-state index contributed by atoms with van der Waals surface area (Å²) in [6, 6.07) is 5.77. The molecule has 1 saturated heterocycles. The molecule has 0 aromatic heterocycles. The monoisotopic (exact) mass is 341 g/mol. The SMILES string of the molecule is FC(F)(F)c1ccccc1C1CCCN1I. The average molecular weight is 341 g/mol. The maximum Gasteiger partial charge on any atom is 0.416 e. The molecule has 0 spiro atoms. The van der Waals surface area contributed by atoms with Gasteiger partial charge < -0.3 is 0 Å². The van der Waals surface area contributed by atoms with E-state index in [2.05, 4.69) is 22.9 Å². The third-order valence-electron chi connectivity index (χ3n) is 2.81. The van der Waals surface area contributed by atoms with E-state index in [4.69, 9.17) is 0 Å². The Bertz CT molecular complexity index is 378. The van der Waals surface area contributed by atoms with Gasteiger partial charge in [0, 0.05) is 35.5 Å². The molecular formula is C11H11F3IN. The van der Waals surface area contributed by atoms with Crippen LogP contribution in [0.1, 0.15) is 30.0 Å². The van der Waals surface area contributed by atoms with Crippen LogP contribution in [0.15, 0.2) is 24.3 Å². The van der Waals surface area contributed by atoms with E-state index >= 15 is 0 Å². The lowest BCUT2D eigenvalue weighted by molar-refractivity contribution is -0.138. The number of nitrogens with zero attached hydrogens (tertiary/aromatic N) is 1. The van der Waals surface area contributed by atoms with Gasteiger partial charge >= 0.3 is 6.18 Å². The molecule has 0 bridgehead atoms. The number of rotatable bonds is 1. The lowest BCUT2D eigenvalue weighted by Crippen LogP contribution is -2.17. The molecule has 0 radical (unpaired) electrons. The number of hydrogen-bond acceptors (Lipinski definition) is 1. The molecule has 5 heteroatoms. The van der Waals surface area contributed by atoms with Gasteiger partial charge in [0.15, 0.2) is 0 Å². The van der Waals surface area contributed by atoms with Gasteiger partial charge in [-0.3, -0.25) is 0 Å². The largest absolute Gasteiger partial charge is 0.416 e. The number of halogens is 4. The van der Waals surface area contributed by atoms with Crippen LogP contribution in [0.3, 0.4) is 0 Å². The molecule has 1 aromatic rings. The van der Waals surface area contributed by atoms with Gasteiger partial charge in [0.05, 0.1) is 5.56 Å². The van der Waals surface area contributed by atoms with Crippen molar-refractivity contribution in [2.24, 2.45) is 0 Å². The van der Waals surface area contributed by atoms with Crippen LogP contribution in [0.2, 0.25) is 0 Å². The highest BCUT2D eigenvalue weighted by molar-refractivity contribution is 14.1. The molecule has 1 nitrogen and oxygen atoms in total. The number of hydrogen-bond donors (Lipinski definition) is 0. The number of benzene rings is 1. The maximum atomic E-state index is 12.8. The zero-order valence-electron chi connectivity index (χ0n) is 8.47. The summed E-state index contributed by atoms with van der Waals surface area (Å²) in [6.45, 7) is 0.859. The minimum absolute atomic E-state index is 0.0987. The fourth-order valence-corrected chi connectivity index (χ4v) is 3.00. The van der Waals surface area contributed by atoms with Crippen LogP contribution in [-0.2, 0) is 6.18 Å². The second-order valence-electron chi connectivity index (χ2n) is 3.87. The molecule has 1 fully saturated rings. The normalized spacial score (nSPS) is 22.6. The predicted octanol–water partition coefficient (Wildman–Crippen LogP) is 4.19. The summed E-state index contributed by atoms with van der Waals surface area (Å²) < 4.78 is 40.4. The third kappa shape index (κ3) is 2.34. The first-order valence-electron chi connectivity index (χ1n) is 5.08. The van der Waals surface area contributed by atoms with Crippen LogP contribution < -0.4 is 0 Å². The van der Waals surface area contributed by atoms with Gasteiger partial charge in [0.2, 0.25) is 0 Å². The van der Waals surface area contributed by atoms with Gasteiger partial charge in [0.1, 0.15) is 0 Å². The van der Waals surface area contributed by atoms with E-state index in [1.54, 1.807) is 12.1 Å². The van der Waals surface area contributed by atoms with Crippen molar-refractivity contribution < 1.29 is 13.2 Å². The Hall–Kier alpha value is -0.300. The fraction of sp³-hybridized carbons (Fsp3) is 0.455. The van der Waals surface area contributed by atoms with Gasteiger partial charge in [-0.2, -0.15) is 13.2 Å². The van der Waals surface area contributed by atoms with Crippen molar-refractivity contribution in [1.29, 1.82) is 0 Å². The zero-order valence-corrected chi connectivity index (χ0v) is 10.6. The predicted molar refractivity (Wildman–Crippen MR) is 64.1 cm³/mol. The van der Waals surface area contributed by atoms with E-state index in [9.17, 15) is 13.2 Å². The van der Waals surface area contributed by atoms with Crippen molar-refractivity contribution in [2.75, 3.05) is 6.54 Å². The van der Waals surface area contributed by atoms with E-state index in [-0.39, 0.29) is 6.04 Å². The third-order valence-corrected chi connectivity index (χ3v) is 3.97. The first-order chi connectivity index (χ1) is 7.50. The highest BCUT2D eigenvalue weighted by atomic mass is 127. The van der Waals surface area contributed by atoms with Crippen molar-refractivity contribution in [3.05, 3.63) is 35.4 Å². The quantitative estimate of drug-likeness (QED) is 0.547. The summed E-state index contributed by atoms with van der Waals surface area (Å²) in [7, 11) is 0. The first kappa shape index (κ1) is 12.2. The van der Waals surface area contributed by atoms with E-state index < -0.39 is 11.7 Å². The molecule has 1 aromatic carbocycles. The van der Waals surface area contributed by atoms with Gasteiger partial charge in [-0.15, -0.1) is 0 Å². The summed E-state index contributed by atoms with van der Waals surface area (Å²) in [4.78, 5) is 0. The topological polar surface area (TPSA) is 3.24 Å². The van der Waals surface area contributed by atoms with Crippen LogP contribution in [0.4, 0.5) is 13.2 Å². The first-order valence-corrected chi connectivity index (χ1v) is 6.05. The molecule has 1 aliphatic rings. The molecule has 2 rings (SSSR count). The van der Waals surface area contributed by atoms with E-state index in [1.807, 2.05) is 3.11 Å². The fourth-order valence-electron chi connectivity index (χ4n) is 2.08. The summed E-state index contributed by atoms with van der Waals surface area (Å²) in [5, 5.41) is 0. The van der Waals surface area contributed by atoms with Crippen molar-refractivity contribution in [2.45, 2.75) is 25.1 Å². The Morgan fingerprint density at radius 3 is 2.50 bits per heavy atom. The summed E-state index contributed by atoms with van der Waals surface area (Å²) in [5.74, 6) is 0. The zero-order chi connectivity index (χ0) is 11.8. The van der Waals surface area contributed by atoms with Crippen LogP contribution in [0.25, 0.3) is 0 Å². The Labute approximate surface area is 106 Å². The van der Waals surface area contributed by atoms with Gasteiger partial charge in [-0.05, 0) is 24.5 Å². The molecule has 0 aliphatic carbocycles. The summed E-state index contributed by atoms with van der Waals surface area (Å²) in [5.41, 5.74) is -0.0922. The minimum Gasteiger partial charge on any atom is -0.240 e. The second kappa shape index (κ2) is 4.52. The van der Waals surface area contributed by atoms with Crippen molar-refractivity contribution >= 4 is 22.9 Å². The summed E-state index contributed by atoms with van der Waals surface area (Å²) >= 11 is 2.11. The standard InChI is InChI=1S/C11H11F3IN/c12-11(13,14)9-5-2-1-4-8(9)10-6-3-7-16(10)15/h1-2,4-5,10H,3,6-7H2. The molecule has 16 heavy (non-hydrogen) atoms. The van der Waals surface area contributed by atoms with Gasteiger partial charge in [-0.1, -0.05) is 18.2 Å². The molecular weight excluding hydrogens is 330 g/mol. The van der Waals surface area contributed by atoms with Gasteiger partial charge in [-0.25, -0.2) is 3.11 Å². The smallest absolute Gasteiger partial charge is 0.240 e. The highest BCUT2D eigenvalue weighted by Gasteiger charge is 2.37. The Morgan fingerprint density at radius 1 is 1.25 bits per heavy atom. The van der Waals surface area contributed by atoms with Crippen LogP contribution in [-0.4, -0.2) is 9.66 Å². The van der Waals surface area contributed by atoms with Crippen molar-refractivity contribution in [3.8, 4) is 0 Å². The van der Waals surface area contributed by atoms with Crippen molar-refractivity contribution in [3.63, 3.8) is 0 Å². The molecule has 1 heterocycles. The highest BCUT2D eigenvalue weighted by Crippen LogP contribution is 2.41. The van der Waals surface area contributed by atoms with Crippen LogP contribution in [0, 0.1) is 0 Å². The Morgan fingerprint density at radius 2 is 1.94 bits per heavy atom. The average Bonchev–Trinajstić information content (AvgIpc) is 2.63. The number of alkyl halides is 3. The lowest BCUT2D eigenvalue weighted by Gasteiger charge is -2.21. The van der Waals surface area contributed by atoms with E-state index in [1.165, 1.54) is 6.07 Å². The molecule has 0 N–H and O–H groups in total. The van der Waals surface area contributed by atoms with E-state index in [0.29, 0.717) is 5.56 Å². The lowest BCUT2D eigenvalue weighted by atomic mass is 9.99. The van der Waals surface area contributed by atoms with Crippen molar-refractivity contribution in [1.82, 2.24) is 3.11 Å². The molecule has 0 amide bonds.